The topological polar surface area (TPSA) is 91.6 Å². The first kappa shape index (κ1) is 20.8. The van der Waals surface area contributed by atoms with E-state index in [9.17, 15) is 9.59 Å². The molecule has 0 bridgehead atoms. The number of piperidine rings is 1. The van der Waals surface area contributed by atoms with Crippen LogP contribution in [-0.2, 0) is 0 Å². The smallest absolute Gasteiger partial charge is 0.317 e. The Morgan fingerprint density at radius 2 is 2.03 bits per heavy atom. The molecule has 0 radical (unpaired) electrons. The summed E-state index contributed by atoms with van der Waals surface area (Å²) >= 11 is 0. The summed E-state index contributed by atoms with van der Waals surface area (Å²) in [6.07, 6.45) is 6.40. The van der Waals surface area contributed by atoms with Crippen molar-refractivity contribution in [2.45, 2.75) is 38.6 Å². The van der Waals surface area contributed by atoms with Gasteiger partial charge in [-0.2, -0.15) is 0 Å². The second kappa shape index (κ2) is 8.75. The van der Waals surface area contributed by atoms with Crippen LogP contribution in [0.25, 0.3) is 16.8 Å². The van der Waals surface area contributed by atoms with Gasteiger partial charge in [0.2, 0.25) is 0 Å². The molecular formula is C23H28N6O2. The highest BCUT2D eigenvalue weighted by molar-refractivity contribution is 5.87. The molecule has 8 heteroatoms. The lowest BCUT2D eigenvalue weighted by molar-refractivity contribution is 0.112. The highest BCUT2D eigenvalue weighted by Crippen LogP contribution is 2.35. The summed E-state index contributed by atoms with van der Waals surface area (Å²) in [4.78, 5) is 35.1. The fraction of sp³-hybridized carbons (Fsp3) is 0.391. The van der Waals surface area contributed by atoms with Crippen LogP contribution in [0.2, 0.25) is 0 Å². The molecule has 1 fully saturated rings. The third kappa shape index (κ3) is 3.85. The largest absolute Gasteiger partial charge is 0.371 e. The monoisotopic (exact) mass is 420 g/mol. The zero-order valence-corrected chi connectivity index (χ0v) is 18.1. The Labute approximate surface area is 181 Å². The molecule has 1 aliphatic heterocycles. The molecule has 31 heavy (non-hydrogen) atoms. The van der Waals surface area contributed by atoms with Gasteiger partial charge in [0, 0.05) is 55.6 Å². The molecular weight excluding hydrogens is 392 g/mol. The number of hydrogen-bond donors (Lipinski definition) is 2. The zero-order chi connectivity index (χ0) is 22.0. The Kier molecular flexibility index (Phi) is 5.88. The van der Waals surface area contributed by atoms with Crippen LogP contribution in [0.15, 0.2) is 36.7 Å². The van der Waals surface area contributed by atoms with E-state index >= 15 is 0 Å². The van der Waals surface area contributed by atoms with Gasteiger partial charge in [-0.25, -0.2) is 14.8 Å². The van der Waals surface area contributed by atoms with E-state index < -0.39 is 0 Å². The van der Waals surface area contributed by atoms with Crippen LogP contribution in [-0.4, -0.2) is 57.8 Å². The van der Waals surface area contributed by atoms with Gasteiger partial charge in [-0.15, -0.1) is 0 Å². The molecule has 1 saturated heterocycles. The van der Waals surface area contributed by atoms with Gasteiger partial charge in [0.1, 0.15) is 23.3 Å². The number of benzene rings is 1. The number of nitrogens with zero attached hydrogens (tertiary/aromatic N) is 4. The van der Waals surface area contributed by atoms with Crippen LogP contribution in [0.5, 0.6) is 0 Å². The van der Waals surface area contributed by atoms with Crippen molar-refractivity contribution in [2.75, 3.05) is 25.5 Å². The van der Waals surface area contributed by atoms with E-state index in [-0.39, 0.29) is 18.0 Å². The summed E-state index contributed by atoms with van der Waals surface area (Å²) in [7, 11) is 1.84. The van der Waals surface area contributed by atoms with Crippen LogP contribution < -0.4 is 10.6 Å². The van der Waals surface area contributed by atoms with Crippen molar-refractivity contribution in [3.8, 4) is 11.3 Å². The molecule has 2 unspecified atom stereocenters. The predicted molar refractivity (Wildman–Crippen MR) is 121 cm³/mol. The van der Waals surface area contributed by atoms with Gasteiger partial charge in [0.05, 0.1) is 0 Å². The van der Waals surface area contributed by atoms with Crippen LogP contribution in [0.4, 0.5) is 10.6 Å². The number of anilines is 1. The van der Waals surface area contributed by atoms with Gasteiger partial charge in [0.25, 0.3) is 0 Å². The molecule has 2 atom stereocenters. The number of urea groups is 1. The predicted octanol–water partition coefficient (Wildman–Crippen LogP) is 3.55. The first-order valence-corrected chi connectivity index (χ1v) is 10.7. The third-order valence-electron chi connectivity index (χ3n) is 5.98. The van der Waals surface area contributed by atoms with Gasteiger partial charge in [-0.3, -0.25) is 9.20 Å². The molecule has 162 valence electrons. The Bertz CT molecular complexity index is 1090. The van der Waals surface area contributed by atoms with Gasteiger partial charge in [0.15, 0.2) is 5.82 Å². The fourth-order valence-corrected chi connectivity index (χ4v) is 4.31. The Hall–Kier alpha value is -3.42. The minimum atomic E-state index is -0.0252. The van der Waals surface area contributed by atoms with Crippen molar-refractivity contribution >= 4 is 23.7 Å². The van der Waals surface area contributed by atoms with Gasteiger partial charge < -0.3 is 15.5 Å². The first-order valence-electron chi connectivity index (χ1n) is 10.7. The molecule has 4 rings (SSSR count). The number of aromatic nitrogens is 3. The van der Waals surface area contributed by atoms with Crippen molar-refractivity contribution in [3.05, 3.63) is 48.0 Å². The first-order chi connectivity index (χ1) is 15.1. The summed E-state index contributed by atoms with van der Waals surface area (Å²) in [5, 5.41) is 6.09. The van der Waals surface area contributed by atoms with E-state index in [1.807, 2.05) is 37.2 Å². The molecule has 1 aliphatic rings. The number of carbonyl (C=O) groups is 2. The van der Waals surface area contributed by atoms with Crippen molar-refractivity contribution in [2.24, 2.45) is 0 Å². The van der Waals surface area contributed by atoms with E-state index in [1.165, 1.54) is 0 Å². The summed E-state index contributed by atoms with van der Waals surface area (Å²) in [6, 6.07) is 7.57. The van der Waals surface area contributed by atoms with Gasteiger partial charge in [-0.05, 0) is 26.7 Å². The maximum atomic E-state index is 12.6. The average molecular weight is 421 g/mol. The van der Waals surface area contributed by atoms with E-state index in [0.29, 0.717) is 18.7 Å². The summed E-state index contributed by atoms with van der Waals surface area (Å²) in [5.41, 5.74) is 3.25. The number of imidazole rings is 1. The molecule has 1 aromatic carbocycles. The standard InChI is InChI=1S/C23H28N6O2/c1-4-25-23(31)29-13-18(8-5-15(29)2)22-27-19(17-9-6-16(14-30)7-10-17)20-21(24-3)26-11-12-28(20)22/h6-7,9-12,14-15,18H,4-5,8,13H2,1-3H3,(H,24,26)(H,25,31). The molecule has 2 amide bonds. The molecule has 2 N–H and O–H groups in total. The van der Waals surface area contributed by atoms with Gasteiger partial charge >= 0.3 is 6.03 Å². The maximum absolute atomic E-state index is 12.6. The average Bonchev–Trinajstić information content (AvgIpc) is 3.19. The minimum Gasteiger partial charge on any atom is -0.371 e. The number of likely N-dealkylation sites (tertiary alicyclic amines) is 1. The van der Waals surface area contributed by atoms with Crippen LogP contribution in [0.1, 0.15) is 48.8 Å². The summed E-state index contributed by atoms with van der Waals surface area (Å²) in [6.45, 7) is 5.25. The number of amides is 2. The van der Waals surface area contributed by atoms with Crippen molar-refractivity contribution in [3.63, 3.8) is 0 Å². The second-order valence-corrected chi connectivity index (χ2v) is 7.91. The Morgan fingerprint density at radius 3 is 2.71 bits per heavy atom. The number of aldehydes is 1. The van der Waals surface area contributed by atoms with Crippen LogP contribution >= 0.6 is 0 Å². The summed E-state index contributed by atoms with van der Waals surface area (Å²) in [5.74, 6) is 1.77. The summed E-state index contributed by atoms with van der Waals surface area (Å²) < 4.78 is 2.08. The number of hydrogen-bond acceptors (Lipinski definition) is 5. The normalized spacial score (nSPS) is 18.7. The molecule has 3 aromatic rings. The molecule has 8 nitrogen and oxygen atoms in total. The van der Waals surface area contributed by atoms with E-state index in [1.54, 1.807) is 18.3 Å². The third-order valence-corrected chi connectivity index (χ3v) is 5.98. The van der Waals surface area contributed by atoms with Crippen LogP contribution in [0, 0.1) is 0 Å². The molecule has 0 saturated carbocycles. The molecule has 2 aromatic heterocycles. The zero-order valence-electron chi connectivity index (χ0n) is 18.1. The van der Waals surface area contributed by atoms with Crippen molar-refractivity contribution in [1.82, 2.24) is 24.6 Å². The Balaban J connectivity index is 1.79. The number of carbonyl (C=O) groups excluding carboxylic acids is 2. The molecule has 3 heterocycles. The molecule has 0 spiro atoms. The second-order valence-electron chi connectivity index (χ2n) is 7.91. The maximum Gasteiger partial charge on any atom is 0.317 e. The highest BCUT2D eigenvalue weighted by atomic mass is 16.2. The quantitative estimate of drug-likeness (QED) is 0.616. The lowest BCUT2D eigenvalue weighted by Gasteiger charge is -2.37. The SMILES string of the molecule is CCNC(=O)N1CC(c2nc(-c3ccc(C=O)cc3)c3c(NC)nccn23)CCC1C. The minimum absolute atomic E-state index is 0.0252. The highest BCUT2D eigenvalue weighted by Gasteiger charge is 2.32. The van der Waals surface area contributed by atoms with E-state index in [4.69, 9.17) is 4.98 Å². The molecule has 0 aliphatic carbocycles. The number of rotatable bonds is 5. The van der Waals surface area contributed by atoms with Gasteiger partial charge in [-0.1, -0.05) is 24.3 Å². The van der Waals surface area contributed by atoms with E-state index in [2.05, 4.69) is 26.9 Å². The van der Waals surface area contributed by atoms with Crippen molar-refractivity contribution in [1.29, 1.82) is 0 Å². The van der Waals surface area contributed by atoms with E-state index in [0.717, 1.165) is 47.5 Å². The number of nitrogens with one attached hydrogen (secondary N) is 2. The number of fused-ring (bicyclic) bond motifs is 1. The Morgan fingerprint density at radius 1 is 1.26 bits per heavy atom. The van der Waals surface area contributed by atoms with Crippen LogP contribution in [0.3, 0.4) is 0 Å². The lowest BCUT2D eigenvalue weighted by atomic mass is 9.93. The van der Waals surface area contributed by atoms with Crippen molar-refractivity contribution < 1.29 is 9.59 Å². The fourth-order valence-electron chi connectivity index (χ4n) is 4.31. The lowest BCUT2D eigenvalue weighted by Crippen LogP contribution is -2.49.